The van der Waals surface area contributed by atoms with Gasteiger partial charge in [-0.3, -0.25) is 4.79 Å². The molecule has 0 radical (unpaired) electrons. The van der Waals surface area contributed by atoms with Gasteiger partial charge in [-0.05, 0) is 85.7 Å². The number of hydrogen-bond donors (Lipinski definition) is 0. The number of ether oxygens (including phenoxy) is 3. The van der Waals surface area contributed by atoms with E-state index in [1.165, 1.54) is 7.11 Å². The molecule has 0 aliphatic heterocycles. The van der Waals surface area contributed by atoms with Crippen molar-refractivity contribution in [2.75, 3.05) is 14.2 Å². The van der Waals surface area contributed by atoms with E-state index in [1.807, 2.05) is 55.5 Å². The highest BCUT2D eigenvalue weighted by Gasteiger charge is 2.23. The molecule has 0 aliphatic rings. The van der Waals surface area contributed by atoms with Gasteiger partial charge >= 0.3 is 5.97 Å². The summed E-state index contributed by atoms with van der Waals surface area (Å²) in [6, 6.07) is 15.7. The number of esters is 1. The van der Waals surface area contributed by atoms with Crippen LogP contribution in [-0.4, -0.2) is 20.2 Å². The summed E-state index contributed by atoms with van der Waals surface area (Å²) in [6.07, 6.45) is 0.163. The lowest BCUT2D eigenvalue weighted by molar-refractivity contribution is -0.139. The first-order valence-corrected chi connectivity index (χ1v) is 12.8. The number of carbonyl (C=O) groups excluding carboxylic acids is 1. The summed E-state index contributed by atoms with van der Waals surface area (Å²) in [4.78, 5) is 11.7. The van der Waals surface area contributed by atoms with Crippen LogP contribution in [0.2, 0.25) is 0 Å². The normalized spacial score (nSPS) is 11.9. The van der Waals surface area contributed by atoms with Crippen molar-refractivity contribution in [1.82, 2.24) is 0 Å². The van der Waals surface area contributed by atoms with Crippen molar-refractivity contribution in [2.45, 2.75) is 38.5 Å². The number of hydrogen-bond acceptors (Lipinski definition) is 4. The molecule has 1 unspecified atom stereocenters. The van der Waals surface area contributed by atoms with E-state index < -0.39 is 5.38 Å². The molecule has 0 amide bonds. The average Bonchev–Trinajstić information content (AvgIpc) is 2.80. The molecular formula is C27H27Br2ClO4. The molecule has 3 aromatic rings. The van der Waals surface area contributed by atoms with Crippen LogP contribution in [0.15, 0.2) is 57.5 Å². The minimum absolute atomic E-state index is 0.163. The summed E-state index contributed by atoms with van der Waals surface area (Å²) in [6.45, 7) is 6.25. The molecule has 0 saturated heterocycles. The first-order valence-electron chi connectivity index (χ1n) is 10.8. The quantitative estimate of drug-likeness (QED) is 0.190. The fraction of sp³-hybridized carbons (Fsp3) is 0.296. The monoisotopic (exact) mass is 608 g/mol. The minimum atomic E-state index is -0.442. The zero-order chi connectivity index (χ0) is 25.0. The molecule has 0 fully saturated rings. The Hall–Kier alpha value is -2.02. The largest absolute Gasteiger partial charge is 0.496 e. The Balaban J connectivity index is 2.12. The second kappa shape index (κ2) is 11.6. The Kier molecular flexibility index (Phi) is 9.07. The molecule has 180 valence electrons. The highest BCUT2D eigenvalue weighted by Crippen LogP contribution is 2.46. The Morgan fingerprint density at radius 3 is 2.12 bits per heavy atom. The van der Waals surface area contributed by atoms with Crippen molar-refractivity contribution in [1.29, 1.82) is 0 Å². The van der Waals surface area contributed by atoms with Crippen LogP contribution in [-0.2, 0) is 16.0 Å². The van der Waals surface area contributed by atoms with Gasteiger partial charge in [0.1, 0.15) is 11.5 Å². The molecular weight excluding hydrogens is 584 g/mol. The van der Waals surface area contributed by atoms with Crippen molar-refractivity contribution in [3.63, 3.8) is 0 Å². The van der Waals surface area contributed by atoms with Crippen LogP contribution in [0.5, 0.6) is 17.2 Å². The number of aryl methyl sites for hydroxylation is 1. The van der Waals surface area contributed by atoms with Gasteiger partial charge in [0.2, 0.25) is 0 Å². The Morgan fingerprint density at radius 2 is 1.56 bits per heavy atom. The third kappa shape index (κ3) is 5.96. The first kappa shape index (κ1) is 26.6. The third-order valence-corrected chi connectivity index (χ3v) is 7.21. The van der Waals surface area contributed by atoms with Gasteiger partial charge in [-0.1, -0.05) is 38.1 Å². The molecule has 0 saturated carbocycles. The van der Waals surface area contributed by atoms with Crippen LogP contribution in [0.1, 0.15) is 53.0 Å². The fourth-order valence-electron chi connectivity index (χ4n) is 3.71. The smallest absolute Gasteiger partial charge is 0.309 e. The molecule has 0 N–H and O–H groups in total. The van der Waals surface area contributed by atoms with E-state index in [0.717, 1.165) is 33.6 Å². The van der Waals surface area contributed by atoms with Crippen LogP contribution in [0.25, 0.3) is 0 Å². The summed E-state index contributed by atoms with van der Waals surface area (Å²) in [7, 11) is 3.04. The van der Waals surface area contributed by atoms with Gasteiger partial charge in [-0.2, -0.15) is 0 Å². The molecule has 1 atom stereocenters. The van der Waals surface area contributed by atoms with Crippen molar-refractivity contribution in [3.8, 4) is 17.2 Å². The topological polar surface area (TPSA) is 44.8 Å². The number of benzene rings is 3. The molecule has 34 heavy (non-hydrogen) atoms. The lowest BCUT2D eigenvalue weighted by atomic mass is 9.94. The van der Waals surface area contributed by atoms with Gasteiger partial charge in [0, 0.05) is 11.1 Å². The van der Waals surface area contributed by atoms with E-state index in [4.69, 9.17) is 25.8 Å². The summed E-state index contributed by atoms with van der Waals surface area (Å²) in [5.41, 5.74) is 4.71. The Labute approximate surface area is 222 Å². The zero-order valence-corrected chi connectivity index (χ0v) is 23.7. The summed E-state index contributed by atoms with van der Waals surface area (Å²) >= 11 is 14.2. The van der Waals surface area contributed by atoms with Crippen LogP contribution in [0.3, 0.4) is 0 Å². The zero-order valence-electron chi connectivity index (χ0n) is 19.7. The summed E-state index contributed by atoms with van der Waals surface area (Å²) in [5.74, 6) is 1.89. The third-order valence-electron chi connectivity index (χ3n) is 5.56. The lowest BCUT2D eigenvalue weighted by Gasteiger charge is -2.22. The van der Waals surface area contributed by atoms with Crippen LogP contribution >= 0.6 is 43.5 Å². The Bertz CT molecular complexity index is 1170. The molecule has 0 heterocycles. The predicted octanol–water partition coefficient (Wildman–Crippen LogP) is 8.49. The van der Waals surface area contributed by atoms with Crippen molar-refractivity contribution >= 4 is 49.4 Å². The SMILES string of the molecule is COC(=O)Cc1cc(Br)c(Oc2cc(C(C)C)c(OC)cc2C(Cl)c2ccccc2C)c(Br)c1. The molecule has 3 aromatic carbocycles. The van der Waals surface area contributed by atoms with Gasteiger partial charge in [0.15, 0.2) is 5.75 Å². The molecule has 0 spiro atoms. The maximum atomic E-state index is 11.7. The second-order valence-electron chi connectivity index (χ2n) is 8.25. The maximum absolute atomic E-state index is 11.7. The number of halogens is 3. The average molecular weight is 611 g/mol. The number of alkyl halides is 1. The van der Waals surface area contributed by atoms with Gasteiger partial charge in [0.25, 0.3) is 0 Å². The van der Waals surface area contributed by atoms with E-state index in [9.17, 15) is 4.79 Å². The van der Waals surface area contributed by atoms with Gasteiger partial charge < -0.3 is 14.2 Å². The highest BCUT2D eigenvalue weighted by atomic mass is 79.9. The first-order chi connectivity index (χ1) is 16.2. The molecule has 0 aliphatic carbocycles. The standard InChI is InChI=1S/C27H27Br2ClO4/c1-15(2)19-13-24(34-27-21(28)10-17(11-22(27)29)12-25(31)33-5)20(14-23(19)32-4)26(30)18-9-7-6-8-16(18)3/h6-11,13-15,26H,12H2,1-5H3. The van der Waals surface area contributed by atoms with Gasteiger partial charge in [0.05, 0.1) is 35.0 Å². The maximum Gasteiger partial charge on any atom is 0.309 e. The predicted molar refractivity (Wildman–Crippen MR) is 144 cm³/mol. The van der Waals surface area contributed by atoms with Crippen molar-refractivity contribution < 1.29 is 19.0 Å². The second-order valence-corrected chi connectivity index (χ2v) is 10.4. The van der Waals surface area contributed by atoms with E-state index in [2.05, 4.69) is 45.7 Å². The number of carbonyl (C=O) groups is 1. The van der Waals surface area contributed by atoms with Crippen molar-refractivity contribution in [3.05, 3.63) is 85.3 Å². The summed E-state index contributed by atoms with van der Waals surface area (Å²) in [5, 5.41) is -0.442. The Morgan fingerprint density at radius 1 is 0.941 bits per heavy atom. The van der Waals surface area contributed by atoms with Crippen LogP contribution in [0, 0.1) is 6.92 Å². The molecule has 0 bridgehead atoms. The lowest BCUT2D eigenvalue weighted by Crippen LogP contribution is -2.05. The minimum Gasteiger partial charge on any atom is -0.496 e. The number of rotatable bonds is 8. The van der Waals surface area contributed by atoms with Crippen LogP contribution < -0.4 is 9.47 Å². The van der Waals surface area contributed by atoms with Crippen molar-refractivity contribution in [2.24, 2.45) is 0 Å². The molecule has 7 heteroatoms. The molecule has 4 nitrogen and oxygen atoms in total. The van der Waals surface area contributed by atoms with Crippen LogP contribution in [0.4, 0.5) is 0 Å². The van der Waals surface area contributed by atoms with E-state index in [0.29, 0.717) is 20.4 Å². The molecule has 3 rings (SSSR count). The van der Waals surface area contributed by atoms with E-state index >= 15 is 0 Å². The van der Waals surface area contributed by atoms with E-state index in [1.54, 1.807) is 7.11 Å². The van der Waals surface area contributed by atoms with Gasteiger partial charge in [-0.25, -0.2) is 0 Å². The number of methoxy groups -OCH3 is 2. The van der Waals surface area contributed by atoms with E-state index in [-0.39, 0.29) is 18.3 Å². The highest BCUT2D eigenvalue weighted by molar-refractivity contribution is 9.11. The summed E-state index contributed by atoms with van der Waals surface area (Å²) < 4.78 is 18.4. The van der Waals surface area contributed by atoms with Gasteiger partial charge in [-0.15, -0.1) is 11.6 Å². The molecule has 0 aromatic heterocycles. The fourth-order valence-corrected chi connectivity index (χ4v) is 5.56.